The molecule has 0 aliphatic heterocycles. The number of aromatic amines is 1. The topological polar surface area (TPSA) is 69.6 Å². The second kappa shape index (κ2) is 2.09. The van der Waals surface area contributed by atoms with Gasteiger partial charge in [-0.1, -0.05) is 0 Å². The van der Waals surface area contributed by atoms with E-state index in [0.29, 0.717) is 10.7 Å². The first kappa shape index (κ1) is 7.27. The molecule has 1 aromatic heterocycles. The Balaban J connectivity index is 3.32. The average molecular weight is 159 g/mol. The van der Waals surface area contributed by atoms with E-state index in [1.165, 1.54) is 12.6 Å². The van der Waals surface area contributed by atoms with E-state index in [-0.39, 0.29) is 0 Å². The van der Waals surface area contributed by atoms with Crippen molar-refractivity contribution >= 4 is 9.73 Å². The first-order valence-corrected chi connectivity index (χ1v) is 4.72. The monoisotopic (exact) mass is 159 g/mol. The lowest BCUT2D eigenvalue weighted by molar-refractivity contribution is 0.676. The standard InChI is InChI=1S/C5H9N3OS/c1-4-5(8-3-7-4)10(2,6)9/h3,6H,1-2H3,(H,7,8). The zero-order valence-electron chi connectivity index (χ0n) is 5.84. The molecule has 0 saturated carbocycles. The largest absolute Gasteiger partial charge is 0.348 e. The van der Waals surface area contributed by atoms with Gasteiger partial charge >= 0.3 is 0 Å². The van der Waals surface area contributed by atoms with Gasteiger partial charge in [0, 0.05) is 11.9 Å². The average Bonchev–Trinajstić information content (AvgIpc) is 2.11. The van der Waals surface area contributed by atoms with Gasteiger partial charge < -0.3 is 4.98 Å². The minimum Gasteiger partial charge on any atom is -0.348 e. The summed E-state index contributed by atoms with van der Waals surface area (Å²) in [5, 5.41) is 0.354. The fourth-order valence-corrected chi connectivity index (χ4v) is 1.64. The van der Waals surface area contributed by atoms with Crippen LogP contribution in [-0.2, 0) is 9.73 Å². The molecule has 10 heavy (non-hydrogen) atoms. The van der Waals surface area contributed by atoms with E-state index in [1.54, 1.807) is 6.92 Å². The summed E-state index contributed by atoms with van der Waals surface area (Å²) in [5.74, 6) is 0. The van der Waals surface area contributed by atoms with Gasteiger partial charge in [-0.05, 0) is 6.92 Å². The third kappa shape index (κ3) is 1.18. The summed E-state index contributed by atoms with van der Waals surface area (Å²) >= 11 is 0. The Morgan fingerprint density at radius 1 is 1.80 bits per heavy atom. The quantitative estimate of drug-likeness (QED) is 0.635. The smallest absolute Gasteiger partial charge is 0.155 e. The molecule has 4 nitrogen and oxygen atoms in total. The molecule has 0 bridgehead atoms. The number of imidazole rings is 1. The molecule has 0 aliphatic rings. The van der Waals surface area contributed by atoms with Crippen molar-refractivity contribution in [3.8, 4) is 0 Å². The maximum absolute atomic E-state index is 11.1. The number of nitrogens with zero attached hydrogens (tertiary/aromatic N) is 1. The normalized spacial score (nSPS) is 16.6. The molecule has 5 heteroatoms. The fraction of sp³-hybridized carbons (Fsp3) is 0.400. The number of hydrogen-bond donors (Lipinski definition) is 2. The lowest BCUT2D eigenvalue weighted by Crippen LogP contribution is -1.96. The van der Waals surface area contributed by atoms with E-state index in [0.717, 1.165) is 0 Å². The molecule has 0 spiro atoms. The van der Waals surface area contributed by atoms with Crippen molar-refractivity contribution in [2.45, 2.75) is 11.9 Å². The Labute approximate surface area is 59.7 Å². The van der Waals surface area contributed by atoms with Crippen molar-refractivity contribution in [2.24, 2.45) is 0 Å². The van der Waals surface area contributed by atoms with Crippen LogP contribution < -0.4 is 0 Å². The van der Waals surface area contributed by atoms with E-state index in [2.05, 4.69) is 9.97 Å². The van der Waals surface area contributed by atoms with Crippen molar-refractivity contribution < 1.29 is 4.21 Å². The van der Waals surface area contributed by atoms with Gasteiger partial charge in [0.25, 0.3) is 0 Å². The molecule has 2 N–H and O–H groups in total. The molecule has 1 unspecified atom stereocenters. The molecule has 0 aliphatic carbocycles. The zero-order valence-corrected chi connectivity index (χ0v) is 6.66. The first-order chi connectivity index (χ1) is 4.52. The Kier molecular flexibility index (Phi) is 1.52. The second-order valence-corrected chi connectivity index (χ2v) is 4.25. The zero-order chi connectivity index (χ0) is 7.78. The third-order valence-corrected chi connectivity index (χ3v) is 2.30. The Morgan fingerprint density at radius 3 is 2.60 bits per heavy atom. The van der Waals surface area contributed by atoms with Crippen LogP contribution in [0.5, 0.6) is 0 Å². The van der Waals surface area contributed by atoms with Crippen molar-refractivity contribution in [1.29, 1.82) is 4.78 Å². The summed E-state index contributed by atoms with van der Waals surface area (Å²) in [6.07, 6.45) is 2.80. The van der Waals surface area contributed by atoms with Crippen LogP contribution in [0.4, 0.5) is 0 Å². The molecule has 0 fully saturated rings. The molecule has 56 valence electrons. The first-order valence-electron chi connectivity index (χ1n) is 2.75. The van der Waals surface area contributed by atoms with Crippen LogP contribution in [0.15, 0.2) is 11.4 Å². The van der Waals surface area contributed by atoms with E-state index in [4.69, 9.17) is 4.78 Å². The highest BCUT2D eigenvalue weighted by Crippen LogP contribution is 2.08. The maximum Gasteiger partial charge on any atom is 0.155 e. The van der Waals surface area contributed by atoms with Crippen LogP contribution in [0, 0.1) is 11.7 Å². The van der Waals surface area contributed by atoms with Crippen LogP contribution in [-0.4, -0.2) is 20.4 Å². The van der Waals surface area contributed by atoms with E-state index >= 15 is 0 Å². The Morgan fingerprint density at radius 2 is 2.40 bits per heavy atom. The minimum atomic E-state index is -2.63. The molecule has 1 heterocycles. The fourth-order valence-electron chi connectivity index (χ4n) is 0.739. The summed E-state index contributed by atoms with van der Waals surface area (Å²) in [6, 6.07) is 0. The number of aromatic nitrogens is 2. The van der Waals surface area contributed by atoms with Gasteiger partial charge in [0.2, 0.25) is 0 Å². The maximum atomic E-state index is 11.1. The summed E-state index contributed by atoms with van der Waals surface area (Å²) in [7, 11) is -2.63. The highest BCUT2D eigenvalue weighted by Gasteiger charge is 2.08. The SMILES string of the molecule is Cc1[nH]cnc1S(C)(=N)=O. The summed E-state index contributed by atoms with van der Waals surface area (Å²) in [4.78, 5) is 6.53. The number of nitrogens with one attached hydrogen (secondary N) is 2. The van der Waals surface area contributed by atoms with E-state index in [9.17, 15) is 4.21 Å². The predicted octanol–water partition coefficient (Wildman–Crippen LogP) is 0.754. The van der Waals surface area contributed by atoms with Crippen LogP contribution >= 0.6 is 0 Å². The molecule has 1 atom stereocenters. The van der Waals surface area contributed by atoms with Crippen LogP contribution in [0.3, 0.4) is 0 Å². The third-order valence-electron chi connectivity index (χ3n) is 1.15. The highest BCUT2D eigenvalue weighted by molar-refractivity contribution is 7.91. The van der Waals surface area contributed by atoms with Gasteiger partial charge in [-0.2, -0.15) is 0 Å². The number of rotatable bonds is 1. The van der Waals surface area contributed by atoms with Crippen molar-refractivity contribution in [3.05, 3.63) is 12.0 Å². The van der Waals surface area contributed by atoms with Crippen molar-refractivity contribution in [3.63, 3.8) is 0 Å². The number of hydrogen-bond acceptors (Lipinski definition) is 3. The van der Waals surface area contributed by atoms with E-state index < -0.39 is 9.73 Å². The van der Waals surface area contributed by atoms with Gasteiger partial charge in [0.15, 0.2) is 5.03 Å². The molecule has 1 rings (SSSR count). The van der Waals surface area contributed by atoms with E-state index in [1.807, 2.05) is 0 Å². The lowest BCUT2D eigenvalue weighted by atomic mass is 10.6. The highest BCUT2D eigenvalue weighted by atomic mass is 32.2. The number of H-pyrrole nitrogens is 1. The molecular formula is C5H9N3OS. The molecular weight excluding hydrogens is 150 g/mol. The summed E-state index contributed by atoms with van der Waals surface area (Å²) < 4.78 is 18.2. The molecule has 1 aromatic rings. The lowest BCUT2D eigenvalue weighted by Gasteiger charge is -1.94. The van der Waals surface area contributed by atoms with Gasteiger partial charge in [-0.15, -0.1) is 0 Å². The minimum absolute atomic E-state index is 0.354. The Hall–Kier alpha value is -0.840. The van der Waals surface area contributed by atoms with Gasteiger partial charge in [-0.3, -0.25) is 0 Å². The van der Waals surface area contributed by atoms with Crippen molar-refractivity contribution in [1.82, 2.24) is 9.97 Å². The summed E-state index contributed by atoms with van der Waals surface area (Å²) in [6.45, 7) is 1.75. The molecule has 0 amide bonds. The molecule has 0 aromatic carbocycles. The van der Waals surface area contributed by atoms with Crippen LogP contribution in [0.25, 0.3) is 0 Å². The van der Waals surface area contributed by atoms with Crippen LogP contribution in [0.1, 0.15) is 5.69 Å². The number of aryl methyl sites for hydroxylation is 1. The van der Waals surface area contributed by atoms with Crippen molar-refractivity contribution in [2.75, 3.05) is 6.26 Å². The van der Waals surface area contributed by atoms with Gasteiger partial charge in [0.1, 0.15) is 0 Å². The Bertz CT molecular complexity index is 324. The van der Waals surface area contributed by atoms with Gasteiger partial charge in [0.05, 0.1) is 16.1 Å². The second-order valence-electron chi connectivity index (χ2n) is 2.18. The van der Waals surface area contributed by atoms with Gasteiger partial charge in [-0.25, -0.2) is 14.0 Å². The predicted molar refractivity (Wildman–Crippen MR) is 38.4 cm³/mol. The molecule has 0 radical (unpaired) electrons. The van der Waals surface area contributed by atoms with Crippen LogP contribution in [0.2, 0.25) is 0 Å². The molecule has 0 saturated heterocycles. The summed E-state index contributed by atoms with van der Waals surface area (Å²) in [5.41, 5.74) is 0.711.